The average Bonchev–Trinajstić information content (AvgIpc) is 3.28. The summed E-state index contributed by atoms with van der Waals surface area (Å²) in [6, 6.07) is 16.2. The van der Waals surface area contributed by atoms with Crippen molar-refractivity contribution in [2.45, 2.75) is 32.4 Å². The monoisotopic (exact) mass is 402 g/mol. The standard InChI is InChI=1S/C24H26N4O2/c29-24(28-14-10-18-5-1-2-6-20(18)16-28)19-8-12-27(13-9-19)17-21-15-23(26-30-21)22-7-3-4-11-25-22/h1-7,11,15,19H,8-10,12-14,16-17H2. The molecule has 0 aliphatic carbocycles. The Hall–Kier alpha value is -2.99. The fourth-order valence-electron chi connectivity index (χ4n) is 4.52. The van der Waals surface area contributed by atoms with Crippen LogP contribution in [0.1, 0.15) is 29.7 Å². The van der Waals surface area contributed by atoms with Crippen molar-refractivity contribution in [3.8, 4) is 11.4 Å². The number of fused-ring (bicyclic) bond motifs is 1. The fraction of sp³-hybridized carbons (Fsp3) is 0.375. The lowest BCUT2D eigenvalue weighted by molar-refractivity contribution is -0.138. The van der Waals surface area contributed by atoms with Gasteiger partial charge in [-0.2, -0.15) is 0 Å². The molecule has 6 heteroatoms. The molecule has 2 aliphatic rings. The van der Waals surface area contributed by atoms with E-state index in [1.54, 1.807) is 6.20 Å². The van der Waals surface area contributed by atoms with Gasteiger partial charge in [-0.1, -0.05) is 35.5 Å². The van der Waals surface area contributed by atoms with E-state index in [0.717, 1.165) is 69.1 Å². The number of piperidine rings is 1. The molecule has 0 atom stereocenters. The zero-order valence-electron chi connectivity index (χ0n) is 17.0. The van der Waals surface area contributed by atoms with Crippen molar-refractivity contribution in [3.05, 3.63) is 71.6 Å². The van der Waals surface area contributed by atoms with Crippen molar-refractivity contribution < 1.29 is 9.32 Å². The molecule has 0 radical (unpaired) electrons. The number of nitrogens with zero attached hydrogens (tertiary/aromatic N) is 4. The van der Waals surface area contributed by atoms with Crippen molar-refractivity contribution in [1.82, 2.24) is 19.9 Å². The minimum atomic E-state index is 0.130. The third kappa shape index (κ3) is 4.00. The lowest BCUT2D eigenvalue weighted by atomic mass is 9.93. The number of amides is 1. The summed E-state index contributed by atoms with van der Waals surface area (Å²) in [5.74, 6) is 1.29. The summed E-state index contributed by atoms with van der Waals surface area (Å²) in [4.78, 5) is 21.8. The highest BCUT2D eigenvalue weighted by Crippen LogP contribution is 2.26. The number of rotatable bonds is 4. The summed E-state index contributed by atoms with van der Waals surface area (Å²) in [6.45, 7) is 4.12. The van der Waals surface area contributed by atoms with Gasteiger partial charge in [-0.05, 0) is 55.6 Å². The van der Waals surface area contributed by atoms with Gasteiger partial charge in [-0.15, -0.1) is 0 Å². The van der Waals surface area contributed by atoms with E-state index in [4.69, 9.17) is 4.52 Å². The van der Waals surface area contributed by atoms with Crippen LogP contribution >= 0.6 is 0 Å². The second-order valence-corrected chi connectivity index (χ2v) is 8.22. The van der Waals surface area contributed by atoms with Crippen LogP contribution in [0.5, 0.6) is 0 Å². The third-order valence-electron chi connectivity index (χ3n) is 6.24. The van der Waals surface area contributed by atoms with Gasteiger partial charge < -0.3 is 9.42 Å². The summed E-state index contributed by atoms with van der Waals surface area (Å²) in [5, 5.41) is 4.15. The number of hydrogen-bond donors (Lipinski definition) is 0. The van der Waals surface area contributed by atoms with Crippen molar-refractivity contribution in [2.24, 2.45) is 5.92 Å². The third-order valence-corrected chi connectivity index (χ3v) is 6.24. The molecular weight excluding hydrogens is 376 g/mol. The van der Waals surface area contributed by atoms with Crippen LogP contribution in [-0.2, 0) is 24.3 Å². The smallest absolute Gasteiger partial charge is 0.226 e. The van der Waals surface area contributed by atoms with E-state index in [1.165, 1.54) is 11.1 Å². The number of benzene rings is 1. The first-order valence-electron chi connectivity index (χ1n) is 10.7. The first-order valence-corrected chi connectivity index (χ1v) is 10.7. The molecule has 1 fully saturated rings. The Morgan fingerprint density at radius 1 is 1.00 bits per heavy atom. The van der Waals surface area contributed by atoms with E-state index in [0.29, 0.717) is 5.91 Å². The van der Waals surface area contributed by atoms with Crippen molar-refractivity contribution in [3.63, 3.8) is 0 Å². The van der Waals surface area contributed by atoms with Gasteiger partial charge in [0.25, 0.3) is 0 Å². The number of pyridine rings is 1. The Morgan fingerprint density at radius 2 is 1.80 bits per heavy atom. The molecule has 2 aromatic heterocycles. The minimum absolute atomic E-state index is 0.130. The molecule has 1 amide bonds. The average molecular weight is 402 g/mol. The Kier molecular flexibility index (Phi) is 5.32. The summed E-state index contributed by atoms with van der Waals surface area (Å²) >= 11 is 0. The van der Waals surface area contributed by atoms with Gasteiger partial charge in [-0.25, -0.2) is 0 Å². The van der Waals surface area contributed by atoms with Gasteiger partial charge >= 0.3 is 0 Å². The Bertz CT molecular complexity index is 1010. The molecule has 2 aliphatic heterocycles. The van der Waals surface area contributed by atoms with E-state index in [2.05, 4.69) is 44.2 Å². The first kappa shape index (κ1) is 19.0. The van der Waals surface area contributed by atoms with Gasteiger partial charge in [-0.3, -0.25) is 14.7 Å². The Labute approximate surface area is 176 Å². The summed E-state index contributed by atoms with van der Waals surface area (Å²) in [5.41, 5.74) is 4.26. The van der Waals surface area contributed by atoms with Crippen molar-refractivity contribution in [1.29, 1.82) is 0 Å². The molecule has 0 N–H and O–H groups in total. The van der Waals surface area contributed by atoms with Crippen molar-refractivity contribution >= 4 is 5.91 Å². The predicted octanol–water partition coefficient (Wildman–Crippen LogP) is 3.53. The molecule has 0 unspecified atom stereocenters. The normalized spacial score (nSPS) is 17.7. The topological polar surface area (TPSA) is 62.5 Å². The highest BCUT2D eigenvalue weighted by Gasteiger charge is 2.30. The number of carbonyl (C=O) groups is 1. The summed E-state index contributed by atoms with van der Waals surface area (Å²) < 4.78 is 5.52. The van der Waals surface area contributed by atoms with Crippen LogP contribution in [-0.4, -0.2) is 45.5 Å². The molecule has 4 heterocycles. The quantitative estimate of drug-likeness (QED) is 0.668. The molecular formula is C24H26N4O2. The zero-order chi connectivity index (χ0) is 20.3. The molecule has 154 valence electrons. The molecule has 30 heavy (non-hydrogen) atoms. The fourth-order valence-corrected chi connectivity index (χ4v) is 4.52. The van der Waals surface area contributed by atoms with Crippen LogP contribution < -0.4 is 0 Å². The van der Waals surface area contributed by atoms with Crippen LogP contribution in [0, 0.1) is 5.92 Å². The van der Waals surface area contributed by atoms with Gasteiger partial charge in [0.15, 0.2) is 5.76 Å². The summed E-state index contributed by atoms with van der Waals surface area (Å²) in [6.07, 6.45) is 4.52. The Morgan fingerprint density at radius 3 is 2.60 bits per heavy atom. The molecule has 6 nitrogen and oxygen atoms in total. The molecule has 1 aromatic carbocycles. The van der Waals surface area contributed by atoms with Crippen LogP contribution in [0.2, 0.25) is 0 Å². The molecule has 5 rings (SSSR count). The lowest BCUT2D eigenvalue weighted by Gasteiger charge is -2.35. The molecule has 1 saturated heterocycles. The second-order valence-electron chi connectivity index (χ2n) is 8.22. The summed E-state index contributed by atoms with van der Waals surface area (Å²) in [7, 11) is 0. The predicted molar refractivity (Wildman–Crippen MR) is 113 cm³/mol. The lowest BCUT2D eigenvalue weighted by Crippen LogP contribution is -2.44. The van der Waals surface area contributed by atoms with E-state index < -0.39 is 0 Å². The van der Waals surface area contributed by atoms with E-state index >= 15 is 0 Å². The van der Waals surface area contributed by atoms with Crippen LogP contribution in [0.3, 0.4) is 0 Å². The zero-order valence-corrected chi connectivity index (χ0v) is 17.0. The maximum Gasteiger partial charge on any atom is 0.226 e. The molecule has 3 aromatic rings. The number of hydrogen-bond acceptors (Lipinski definition) is 5. The highest BCUT2D eigenvalue weighted by atomic mass is 16.5. The van der Waals surface area contributed by atoms with E-state index in [1.807, 2.05) is 24.3 Å². The van der Waals surface area contributed by atoms with Crippen LogP contribution in [0.4, 0.5) is 0 Å². The maximum absolute atomic E-state index is 13.1. The van der Waals surface area contributed by atoms with Crippen LogP contribution in [0.25, 0.3) is 11.4 Å². The SMILES string of the molecule is O=C(C1CCN(Cc2cc(-c3ccccn3)no2)CC1)N1CCc2ccccc2C1. The largest absolute Gasteiger partial charge is 0.359 e. The van der Waals surface area contributed by atoms with Gasteiger partial charge in [0.05, 0.1) is 12.2 Å². The van der Waals surface area contributed by atoms with Gasteiger partial charge in [0.1, 0.15) is 5.69 Å². The number of carbonyl (C=O) groups excluding carboxylic acids is 1. The van der Waals surface area contributed by atoms with Gasteiger partial charge in [0, 0.05) is 31.3 Å². The highest BCUT2D eigenvalue weighted by molar-refractivity contribution is 5.79. The van der Waals surface area contributed by atoms with Crippen LogP contribution in [0.15, 0.2) is 59.3 Å². The minimum Gasteiger partial charge on any atom is -0.359 e. The molecule has 0 bridgehead atoms. The Balaban J connectivity index is 1.14. The molecule has 0 saturated carbocycles. The first-order chi connectivity index (χ1) is 14.8. The van der Waals surface area contributed by atoms with E-state index in [-0.39, 0.29) is 5.92 Å². The maximum atomic E-state index is 13.1. The number of aromatic nitrogens is 2. The van der Waals surface area contributed by atoms with Crippen molar-refractivity contribution in [2.75, 3.05) is 19.6 Å². The van der Waals surface area contributed by atoms with E-state index in [9.17, 15) is 4.79 Å². The molecule has 0 spiro atoms. The van der Waals surface area contributed by atoms with Gasteiger partial charge in [0.2, 0.25) is 5.91 Å². The second kappa shape index (κ2) is 8.40. The number of likely N-dealkylation sites (tertiary alicyclic amines) is 1.